The second kappa shape index (κ2) is 6.15. The smallest absolute Gasteiger partial charge is 0.250 e. The molecule has 0 aromatic heterocycles. The maximum absolute atomic E-state index is 13.4. The van der Waals surface area contributed by atoms with E-state index in [1.54, 1.807) is 19.2 Å². The highest BCUT2D eigenvalue weighted by atomic mass is 16.5. The van der Waals surface area contributed by atoms with Crippen molar-refractivity contribution in [3.8, 4) is 5.75 Å². The van der Waals surface area contributed by atoms with E-state index in [1.165, 1.54) is 4.90 Å². The molecule has 3 amide bonds. The minimum absolute atomic E-state index is 0.181. The van der Waals surface area contributed by atoms with E-state index in [0.29, 0.717) is 11.4 Å². The van der Waals surface area contributed by atoms with Gasteiger partial charge in [0.05, 0.1) is 25.5 Å². The van der Waals surface area contributed by atoms with Crippen molar-refractivity contribution < 1.29 is 19.1 Å². The molecule has 29 heavy (non-hydrogen) atoms. The molecule has 0 saturated carbocycles. The minimum atomic E-state index is -1.21. The van der Waals surface area contributed by atoms with Crippen LogP contribution in [0.5, 0.6) is 5.75 Å². The molecule has 0 radical (unpaired) electrons. The van der Waals surface area contributed by atoms with Crippen LogP contribution in [0.1, 0.15) is 18.1 Å². The number of carbonyl (C=O) groups excluding carboxylic acids is 3. The number of ether oxygens (including phenoxy) is 1. The number of nitrogens with zero attached hydrogens (tertiary/aromatic N) is 1. The fourth-order valence-electron chi connectivity index (χ4n) is 5.05. The number of likely N-dealkylation sites (tertiary alicyclic amines) is 1. The largest absolute Gasteiger partial charge is 0.497 e. The van der Waals surface area contributed by atoms with E-state index in [0.717, 1.165) is 11.1 Å². The van der Waals surface area contributed by atoms with Crippen molar-refractivity contribution in [2.75, 3.05) is 12.4 Å². The van der Waals surface area contributed by atoms with E-state index in [-0.39, 0.29) is 30.3 Å². The summed E-state index contributed by atoms with van der Waals surface area (Å²) in [5.74, 6) is -1.43. The zero-order valence-electron chi connectivity index (χ0n) is 16.1. The van der Waals surface area contributed by atoms with E-state index in [1.807, 2.05) is 43.3 Å². The summed E-state index contributed by atoms with van der Waals surface area (Å²) in [6, 6.07) is 14.3. The average molecular weight is 391 g/mol. The minimum Gasteiger partial charge on any atom is -0.497 e. The molecule has 2 saturated heterocycles. The number of benzene rings is 2. The number of amides is 3. The molecule has 4 atom stereocenters. The van der Waals surface area contributed by atoms with Gasteiger partial charge in [0.2, 0.25) is 17.7 Å². The summed E-state index contributed by atoms with van der Waals surface area (Å²) in [5, 5.41) is 6.18. The number of methoxy groups -OCH3 is 1. The van der Waals surface area contributed by atoms with Crippen LogP contribution < -0.4 is 15.4 Å². The van der Waals surface area contributed by atoms with Crippen molar-refractivity contribution in [2.24, 2.45) is 11.8 Å². The molecular weight excluding hydrogens is 370 g/mol. The molecule has 0 aliphatic carbocycles. The first-order valence-electron chi connectivity index (χ1n) is 9.64. The summed E-state index contributed by atoms with van der Waals surface area (Å²) < 4.78 is 5.16. The van der Waals surface area contributed by atoms with Crippen LogP contribution in [0, 0.1) is 11.8 Å². The van der Waals surface area contributed by atoms with Crippen molar-refractivity contribution in [1.29, 1.82) is 0 Å². The van der Waals surface area contributed by atoms with Crippen molar-refractivity contribution in [1.82, 2.24) is 10.2 Å². The molecule has 3 aliphatic heterocycles. The van der Waals surface area contributed by atoms with Gasteiger partial charge in [0.15, 0.2) is 0 Å². The first-order chi connectivity index (χ1) is 14.0. The molecule has 148 valence electrons. The fourth-order valence-corrected chi connectivity index (χ4v) is 5.05. The molecule has 7 heteroatoms. The van der Waals surface area contributed by atoms with Crippen LogP contribution in [0.15, 0.2) is 48.5 Å². The molecular formula is C22H21N3O4. The van der Waals surface area contributed by atoms with Gasteiger partial charge in [0.1, 0.15) is 11.3 Å². The quantitative estimate of drug-likeness (QED) is 0.777. The SMILES string of the molecule is COc1ccc(CN2C(=O)[C@H]3[C@@H](C2=O)[C@@]2(N[C@@H]3C)C(=O)Nc3ccccc32)cc1. The molecule has 1 spiro atoms. The molecule has 0 bridgehead atoms. The van der Waals surface area contributed by atoms with E-state index < -0.39 is 17.4 Å². The fraction of sp³-hybridized carbons (Fsp3) is 0.318. The number of hydrogen-bond acceptors (Lipinski definition) is 5. The van der Waals surface area contributed by atoms with E-state index >= 15 is 0 Å². The maximum Gasteiger partial charge on any atom is 0.250 e. The Hall–Kier alpha value is -3.19. The van der Waals surface area contributed by atoms with Gasteiger partial charge in [-0.3, -0.25) is 24.6 Å². The highest BCUT2D eigenvalue weighted by Crippen LogP contribution is 2.52. The van der Waals surface area contributed by atoms with Gasteiger partial charge >= 0.3 is 0 Å². The van der Waals surface area contributed by atoms with Gasteiger partial charge in [-0.1, -0.05) is 30.3 Å². The Morgan fingerprint density at radius 1 is 1.03 bits per heavy atom. The summed E-state index contributed by atoms with van der Waals surface area (Å²) in [5.41, 5.74) is 1.05. The summed E-state index contributed by atoms with van der Waals surface area (Å²) >= 11 is 0. The topological polar surface area (TPSA) is 87.7 Å². The predicted molar refractivity (Wildman–Crippen MR) is 105 cm³/mol. The highest BCUT2D eigenvalue weighted by Gasteiger charge is 2.69. The summed E-state index contributed by atoms with van der Waals surface area (Å²) in [4.78, 5) is 41.0. The second-order valence-electron chi connectivity index (χ2n) is 7.85. The lowest BCUT2D eigenvalue weighted by molar-refractivity contribution is -0.143. The van der Waals surface area contributed by atoms with Gasteiger partial charge in [-0.15, -0.1) is 0 Å². The second-order valence-corrected chi connectivity index (χ2v) is 7.85. The van der Waals surface area contributed by atoms with Crippen LogP contribution in [0.2, 0.25) is 0 Å². The predicted octanol–water partition coefficient (Wildman–Crippen LogP) is 1.64. The van der Waals surface area contributed by atoms with Gasteiger partial charge in [-0.25, -0.2) is 0 Å². The van der Waals surface area contributed by atoms with Crippen LogP contribution in [0.3, 0.4) is 0 Å². The lowest BCUT2D eigenvalue weighted by Crippen LogP contribution is -2.52. The Labute approximate surface area is 168 Å². The molecule has 3 aliphatic rings. The third kappa shape index (κ3) is 2.31. The van der Waals surface area contributed by atoms with Gasteiger partial charge < -0.3 is 10.1 Å². The van der Waals surface area contributed by atoms with Gasteiger partial charge in [-0.2, -0.15) is 0 Å². The number of imide groups is 1. The molecule has 2 aromatic carbocycles. The number of carbonyl (C=O) groups is 3. The lowest BCUT2D eigenvalue weighted by atomic mass is 9.76. The first-order valence-corrected chi connectivity index (χ1v) is 9.64. The Morgan fingerprint density at radius 3 is 2.48 bits per heavy atom. The third-order valence-electron chi connectivity index (χ3n) is 6.36. The van der Waals surface area contributed by atoms with E-state index in [2.05, 4.69) is 10.6 Å². The van der Waals surface area contributed by atoms with Crippen LogP contribution in [0.4, 0.5) is 5.69 Å². The first kappa shape index (κ1) is 17.9. The van der Waals surface area contributed by atoms with Crippen LogP contribution in [0.25, 0.3) is 0 Å². The molecule has 3 heterocycles. The summed E-state index contributed by atoms with van der Waals surface area (Å²) in [7, 11) is 1.59. The van der Waals surface area contributed by atoms with Crippen molar-refractivity contribution in [2.45, 2.75) is 25.0 Å². The van der Waals surface area contributed by atoms with Crippen LogP contribution in [-0.2, 0) is 26.5 Å². The number of nitrogens with one attached hydrogen (secondary N) is 2. The van der Waals surface area contributed by atoms with Gasteiger partial charge in [-0.05, 0) is 30.7 Å². The summed E-state index contributed by atoms with van der Waals surface area (Å²) in [6.45, 7) is 2.05. The Morgan fingerprint density at radius 2 is 1.76 bits per heavy atom. The average Bonchev–Trinajstić information content (AvgIpc) is 3.28. The third-order valence-corrected chi connectivity index (χ3v) is 6.36. The van der Waals surface area contributed by atoms with Crippen molar-refractivity contribution in [3.05, 3.63) is 59.7 Å². The van der Waals surface area contributed by atoms with E-state index in [9.17, 15) is 14.4 Å². The number of hydrogen-bond donors (Lipinski definition) is 2. The lowest BCUT2D eigenvalue weighted by Gasteiger charge is -2.29. The zero-order chi connectivity index (χ0) is 20.3. The standard InChI is InChI=1S/C22H21N3O4/c1-12-17-18(22(24-12)15-5-3-4-6-16(15)23-21(22)28)20(27)25(19(17)26)11-13-7-9-14(29-2)10-8-13/h3-10,12,17-18,24H,11H2,1-2H3,(H,23,28)/t12-,17-,18+,22-/m1/s1. The zero-order valence-corrected chi connectivity index (χ0v) is 16.1. The number of rotatable bonds is 3. The number of anilines is 1. The molecule has 2 fully saturated rings. The molecule has 2 N–H and O–H groups in total. The van der Waals surface area contributed by atoms with E-state index in [4.69, 9.17) is 4.74 Å². The molecule has 7 nitrogen and oxygen atoms in total. The molecule has 0 unspecified atom stereocenters. The maximum atomic E-state index is 13.4. The number of para-hydroxylation sites is 1. The Kier molecular flexibility index (Phi) is 3.79. The monoisotopic (exact) mass is 391 g/mol. The Bertz CT molecular complexity index is 1030. The van der Waals surface area contributed by atoms with Crippen LogP contribution in [-0.4, -0.2) is 35.8 Å². The van der Waals surface area contributed by atoms with Crippen molar-refractivity contribution in [3.63, 3.8) is 0 Å². The highest BCUT2D eigenvalue weighted by molar-refractivity contribution is 6.15. The Balaban J connectivity index is 1.53. The molecule has 5 rings (SSSR count). The molecule has 2 aromatic rings. The van der Waals surface area contributed by atoms with Gasteiger partial charge in [0.25, 0.3) is 0 Å². The van der Waals surface area contributed by atoms with Gasteiger partial charge in [0, 0.05) is 17.3 Å². The summed E-state index contributed by atoms with van der Waals surface area (Å²) in [6.07, 6.45) is 0. The van der Waals surface area contributed by atoms with Crippen LogP contribution >= 0.6 is 0 Å². The van der Waals surface area contributed by atoms with Crippen molar-refractivity contribution >= 4 is 23.4 Å². The normalized spacial score (nSPS) is 29.9. The number of fused-ring (bicyclic) bond motifs is 4.